The molecule has 0 amide bonds. The van der Waals surface area contributed by atoms with Gasteiger partial charge in [0, 0.05) is 26.2 Å². The zero-order valence-electron chi connectivity index (χ0n) is 10.7. The third kappa shape index (κ3) is 4.34. The van der Waals surface area contributed by atoms with Gasteiger partial charge in [0.2, 0.25) is 10.0 Å². The highest BCUT2D eigenvalue weighted by molar-refractivity contribution is 7.92. The van der Waals surface area contributed by atoms with Gasteiger partial charge in [0.1, 0.15) is 0 Å². The maximum atomic E-state index is 11.9. The SMILES string of the molecule is CC(CCl)CS(=O)(=O)Nc1cnccc1N(C)C. The quantitative estimate of drug-likeness (QED) is 0.811. The second kappa shape index (κ2) is 6.24. The van der Waals surface area contributed by atoms with Crippen molar-refractivity contribution in [2.75, 3.05) is 35.4 Å². The molecule has 0 aromatic carbocycles. The summed E-state index contributed by atoms with van der Waals surface area (Å²) in [6.45, 7) is 1.79. The van der Waals surface area contributed by atoms with Crippen LogP contribution in [0.1, 0.15) is 6.92 Å². The molecule has 0 spiro atoms. The molecule has 18 heavy (non-hydrogen) atoms. The summed E-state index contributed by atoms with van der Waals surface area (Å²) in [5, 5.41) is 0. The van der Waals surface area contributed by atoms with Gasteiger partial charge >= 0.3 is 0 Å². The highest BCUT2D eigenvalue weighted by Crippen LogP contribution is 2.23. The monoisotopic (exact) mass is 291 g/mol. The molecule has 0 fully saturated rings. The number of hydrogen-bond donors (Lipinski definition) is 1. The van der Waals surface area contributed by atoms with E-state index in [4.69, 9.17) is 11.6 Å². The van der Waals surface area contributed by atoms with Crippen LogP contribution in [0.5, 0.6) is 0 Å². The van der Waals surface area contributed by atoms with Gasteiger partial charge in [-0.15, -0.1) is 11.6 Å². The van der Waals surface area contributed by atoms with Crippen LogP contribution in [0, 0.1) is 5.92 Å². The van der Waals surface area contributed by atoms with Crippen LogP contribution >= 0.6 is 11.6 Å². The van der Waals surface area contributed by atoms with Gasteiger partial charge in [-0.05, 0) is 12.0 Å². The third-order valence-electron chi connectivity index (χ3n) is 2.31. The molecule has 7 heteroatoms. The zero-order valence-corrected chi connectivity index (χ0v) is 12.3. The fourth-order valence-electron chi connectivity index (χ4n) is 1.48. The van der Waals surface area contributed by atoms with Crippen molar-refractivity contribution in [1.82, 2.24) is 4.98 Å². The van der Waals surface area contributed by atoms with E-state index in [1.165, 1.54) is 6.20 Å². The largest absolute Gasteiger partial charge is 0.376 e. The molecule has 5 nitrogen and oxygen atoms in total. The predicted octanol–water partition coefficient (Wildman–Crippen LogP) is 1.76. The molecule has 0 bridgehead atoms. The lowest BCUT2D eigenvalue weighted by Gasteiger charge is -2.18. The molecule has 0 aliphatic rings. The second-order valence-corrected chi connectivity index (χ2v) is 6.51. The second-order valence-electron chi connectivity index (χ2n) is 4.43. The molecule has 0 saturated carbocycles. The average Bonchev–Trinajstić information content (AvgIpc) is 2.28. The Hall–Kier alpha value is -1.01. The maximum Gasteiger partial charge on any atom is 0.233 e. The summed E-state index contributed by atoms with van der Waals surface area (Å²) in [5.74, 6) is 0.218. The van der Waals surface area contributed by atoms with Crippen LogP contribution in [0.4, 0.5) is 11.4 Å². The molecule has 1 unspecified atom stereocenters. The van der Waals surface area contributed by atoms with E-state index < -0.39 is 10.0 Å². The number of anilines is 2. The van der Waals surface area contributed by atoms with Crippen molar-refractivity contribution in [3.8, 4) is 0 Å². The van der Waals surface area contributed by atoms with E-state index in [-0.39, 0.29) is 11.7 Å². The number of nitrogens with zero attached hydrogens (tertiary/aromatic N) is 2. The van der Waals surface area contributed by atoms with Crippen molar-refractivity contribution in [2.24, 2.45) is 5.92 Å². The highest BCUT2D eigenvalue weighted by atomic mass is 35.5. The summed E-state index contributed by atoms with van der Waals surface area (Å²) < 4.78 is 26.4. The summed E-state index contributed by atoms with van der Waals surface area (Å²) in [5.41, 5.74) is 1.25. The van der Waals surface area contributed by atoms with Crippen LogP contribution < -0.4 is 9.62 Å². The normalized spacial score (nSPS) is 13.1. The van der Waals surface area contributed by atoms with Gasteiger partial charge in [-0.3, -0.25) is 9.71 Å². The lowest BCUT2D eigenvalue weighted by Crippen LogP contribution is -2.23. The Labute approximate surface area is 113 Å². The van der Waals surface area contributed by atoms with Crippen molar-refractivity contribution in [2.45, 2.75) is 6.92 Å². The molecule has 0 aliphatic heterocycles. The standard InChI is InChI=1S/C11H18ClN3O2S/c1-9(6-12)8-18(16,17)14-10-7-13-5-4-11(10)15(2)3/h4-5,7,9,14H,6,8H2,1-3H3. The lowest BCUT2D eigenvalue weighted by atomic mass is 10.3. The van der Waals surface area contributed by atoms with E-state index in [0.717, 1.165) is 5.69 Å². The number of alkyl halides is 1. The van der Waals surface area contributed by atoms with Gasteiger partial charge in [-0.1, -0.05) is 6.92 Å². The van der Waals surface area contributed by atoms with E-state index in [0.29, 0.717) is 11.6 Å². The summed E-state index contributed by atoms with van der Waals surface area (Å²) in [4.78, 5) is 5.76. The maximum absolute atomic E-state index is 11.9. The molecule has 0 radical (unpaired) electrons. The number of nitrogens with one attached hydrogen (secondary N) is 1. The van der Waals surface area contributed by atoms with E-state index in [1.807, 2.05) is 19.0 Å². The first-order valence-electron chi connectivity index (χ1n) is 5.53. The van der Waals surface area contributed by atoms with E-state index in [1.54, 1.807) is 19.2 Å². The minimum atomic E-state index is -3.40. The van der Waals surface area contributed by atoms with Gasteiger partial charge < -0.3 is 4.90 Å². The molecule has 1 aromatic rings. The number of sulfonamides is 1. The molecule has 1 N–H and O–H groups in total. The number of pyridine rings is 1. The first kappa shape index (κ1) is 15.0. The molecule has 1 aromatic heterocycles. The van der Waals surface area contributed by atoms with Gasteiger partial charge in [0.05, 0.1) is 23.3 Å². The Morgan fingerprint density at radius 3 is 2.72 bits per heavy atom. The molecule has 1 heterocycles. The van der Waals surface area contributed by atoms with Crippen LogP contribution in [0.25, 0.3) is 0 Å². The average molecular weight is 292 g/mol. The first-order valence-corrected chi connectivity index (χ1v) is 7.72. The Balaban J connectivity index is 2.91. The van der Waals surface area contributed by atoms with Crippen molar-refractivity contribution >= 4 is 33.0 Å². The number of hydrogen-bond acceptors (Lipinski definition) is 4. The van der Waals surface area contributed by atoms with E-state index in [2.05, 4.69) is 9.71 Å². The molecule has 1 rings (SSSR count). The molecule has 0 aliphatic carbocycles. The van der Waals surface area contributed by atoms with Crippen LogP contribution in [-0.2, 0) is 10.0 Å². The van der Waals surface area contributed by atoms with Crippen LogP contribution in [0.3, 0.4) is 0 Å². The minimum Gasteiger partial charge on any atom is -0.376 e. The van der Waals surface area contributed by atoms with Crippen molar-refractivity contribution in [1.29, 1.82) is 0 Å². The highest BCUT2D eigenvalue weighted by Gasteiger charge is 2.17. The summed E-state index contributed by atoms with van der Waals surface area (Å²) in [6, 6.07) is 1.75. The first-order chi connectivity index (χ1) is 8.35. The summed E-state index contributed by atoms with van der Waals surface area (Å²) >= 11 is 5.63. The molecule has 102 valence electrons. The van der Waals surface area contributed by atoms with E-state index >= 15 is 0 Å². The minimum absolute atomic E-state index is 0.00172. The van der Waals surface area contributed by atoms with Crippen LogP contribution in [0.15, 0.2) is 18.5 Å². The van der Waals surface area contributed by atoms with Gasteiger partial charge in [0.25, 0.3) is 0 Å². The van der Waals surface area contributed by atoms with Crippen LogP contribution in [-0.4, -0.2) is 39.1 Å². The Bertz CT molecular complexity index is 491. The fraction of sp³-hybridized carbons (Fsp3) is 0.545. The molecular formula is C11H18ClN3O2S. The van der Waals surface area contributed by atoms with Crippen molar-refractivity contribution in [3.63, 3.8) is 0 Å². The van der Waals surface area contributed by atoms with Gasteiger partial charge in [0.15, 0.2) is 0 Å². The van der Waals surface area contributed by atoms with Gasteiger partial charge in [-0.2, -0.15) is 0 Å². The number of rotatable bonds is 6. The Kier molecular flexibility index (Phi) is 5.22. The Morgan fingerprint density at radius 2 is 2.17 bits per heavy atom. The fourth-order valence-corrected chi connectivity index (χ4v) is 3.17. The zero-order chi connectivity index (χ0) is 13.8. The summed E-state index contributed by atoms with van der Waals surface area (Å²) in [7, 11) is 0.280. The molecular weight excluding hydrogens is 274 g/mol. The predicted molar refractivity (Wildman–Crippen MR) is 75.9 cm³/mol. The lowest BCUT2D eigenvalue weighted by molar-refractivity contribution is 0.588. The number of aromatic nitrogens is 1. The summed E-state index contributed by atoms with van der Waals surface area (Å²) in [6.07, 6.45) is 3.12. The molecule has 0 saturated heterocycles. The smallest absolute Gasteiger partial charge is 0.233 e. The number of halogens is 1. The van der Waals surface area contributed by atoms with Crippen LogP contribution in [0.2, 0.25) is 0 Å². The third-order valence-corrected chi connectivity index (χ3v) is 4.38. The molecule has 1 atom stereocenters. The van der Waals surface area contributed by atoms with Gasteiger partial charge in [-0.25, -0.2) is 8.42 Å². The van der Waals surface area contributed by atoms with Crippen molar-refractivity contribution in [3.05, 3.63) is 18.5 Å². The van der Waals surface area contributed by atoms with E-state index in [9.17, 15) is 8.42 Å². The topological polar surface area (TPSA) is 62.3 Å². The van der Waals surface area contributed by atoms with Crippen molar-refractivity contribution < 1.29 is 8.42 Å². The Morgan fingerprint density at radius 1 is 1.50 bits per heavy atom.